The van der Waals surface area contributed by atoms with Gasteiger partial charge in [0.1, 0.15) is 21.6 Å². The van der Waals surface area contributed by atoms with Crippen LogP contribution in [-0.4, -0.2) is 250 Å². The van der Waals surface area contributed by atoms with Crippen molar-refractivity contribution in [2.24, 2.45) is 16.7 Å². The number of hydrogen-bond acceptors (Lipinski definition) is 22. The van der Waals surface area contributed by atoms with E-state index in [0.717, 1.165) is 31.7 Å². The van der Waals surface area contributed by atoms with Gasteiger partial charge >= 0.3 is 17.9 Å². The van der Waals surface area contributed by atoms with Crippen LogP contribution in [0, 0.1) is 40.0 Å². The summed E-state index contributed by atoms with van der Waals surface area (Å²) in [5, 5.41) is 0. The zero-order valence-corrected chi connectivity index (χ0v) is 66.2. The summed E-state index contributed by atoms with van der Waals surface area (Å²) in [6.45, 7) is 55.7. The van der Waals surface area contributed by atoms with Gasteiger partial charge in [-0.3, -0.25) is 14.4 Å². The first kappa shape index (κ1) is 107. The molecule has 0 aromatic heterocycles. The van der Waals surface area contributed by atoms with E-state index in [1.54, 1.807) is 21.1 Å². The minimum Gasteiger partial charge on any atom is -0.744 e. The van der Waals surface area contributed by atoms with Crippen molar-refractivity contribution in [3.63, 3.8) is 0 Å². The number of carbonyl (C=O) groups is 3. The van der Waals surface area contributed by atoms with Gasteiger partial charge in [0.15, 0.2) is 28.3 Å². The molecular formula is C69H139F4NO22SSi2. The van der Waals surface area contributed by atoms with Gasteiger partial charge in [-0.05, 0) is 133 Å². The molecule has 0 heterocycles. The first-order chi connectivity index (χ1) is 45.5. The number of halogens is 4. The van der Waals surface area contributed by atoms with Crippen molar-refractivity contribution in [1.82, 2.24) is 0 Å². The minimum absolute atomic E-state index is 0. The average molecular weight is 1500 g/mol. The van der Waals surface area contributed by atoms with Crippen molar-refractivity contribution in [3.8, 4) is 5.75 Å². The molecule has 0 bridgehead atoms. The second kappa shape index (κ2) is 63.6. The Morgan fingerprint density at radius 2 is 0.798 bits per heavy atom. The zero-order valence-electron chi connectivity index (χ0n) is 63.3. The number of hydrogen-bond donors (Lipinski definition) is 0. The Hall–Kier alpha value is -2.87. The van der Waals surface area contributed by atoms with Crippen molar-refractivity contribution in [3.05, 3.63) is 23.3 Å². The lowest BCUT2D eigenvalue weighted by molar-refractivity contribution is -0.921. The summed E-state index contributed by atoms with van der Waals surface area (Å²) >= 11 is 0. The van der Waals surface area contributed by atoms with Crippen LogP contribution in [0.2, 0.25) is 38.8 Å². The van der Waals surface area contributed by atoms with E-state index in [0.29, 0.717) is 151 Å². The van der Waals surface area contributed by atoms with Gasteiger partial charge < -0.3 is 84.2 Å². The lowest BCUT2D eigenvalue weighted by Crippen LogP contribution is -2.47. The molecule has 30 heteroatoms. The molecule has 0 aliphatic rings. The molecule has 0 saturated carbocycles. The maximum absolute atomic E-state index is 13.6. The second-order valence-electron chi connectivity index (χ2n) is 25.1. The number of benzene rings is 1. The molecule has 0 fully saturated rings. The van der Waals surface area contributed by atoms with Crippen LogP contribution in [0.5, 0.6) is 5.75 Å². The predicted octanol–water partition coefficient (Wildman–Crippen LogP) is 12.9. The van der Waals surface area contributed by atoms with E-state index < -0.39 is 72.1 Å². The van der Waals surface area contributed by atoms with Gasteiger partial charge in [0.05, 0.1) is 194 Å². The summed E-state index contributed by atoms with van der Waals surface area (Å²) in [6, 6.07) is 1.05. The van der Waals surface area contributed by atoms with Gasteiger partial charge in [-0.15, -0.1) is 0 Å². The van der Waals surface area contributed by atoms with Crippen molar-refractivity contribution in [1.29, 1.82) is 0 Å². The number of ether oxygens (including phenoxy) is 15. The summed E-state index contributed by atoms with van der Waals surface area (Å²) in [5.74, 6) is -12.7. The highest BCUT2D eigenvalue weighted by Crippen LogP contribution is 2.34. The highest BCUT2D eigenvalue weighted by atomic mass is 32.2. The Morgan fingerprint density at radius 1 is 0.475 bits per heavy atom. The molecule has 0 N–H and O–H groups in total. The van der Waals surface area contributed by atoms with Crippen LogP contribution in [0.15, 0.2) is 4.90 Å². The van der Waals surface area contributed by atoms with Crippen LogP contribution in [0.4, 0.5) is 17.6 Å². The number of esters is 3. The fourth-order valence-electron chi connectivity index (χ4n) is 7.46. The summed E-state index contributed by atoms with van der Waals surface area (Å²) < 4.78 is 172. The van der Waals surface area contributed by atoms with Gasteiger partial charge in [-0.25, -0.2) is 17.2 Å². The fourth-order valence-corrected chi connectivity index (χ4v) is 16.1. The molecule has 0 aliphatic heterocycles. The summed E-state index contributed by atoms with van der Waals surface area (Å²) in [6.07, 6.45) is 4.08. The van der Waals surface area contributed by atoms with Crippen molar-refractivity contribution in [2.45, 2.75) is 194 Å². The molecule has 0 spiro atoms. The van der Waals surface area contributed by atoms with E-state index in [4.69, 9.17) is 70.4 Å². The van der Waals surface area contributed by atoms with Crippen LogP contribution < -0.4 is 4.74 Å². The molecule has 1 rings (SSSR count). The van der Waals surface area contributed by atoms with Crippen LogP contribution in [0.1, 0.15) is 144 Å². The van der Waals surface area contributed by atoms with E-state index in [2.05, 4.69) is 79.0 Å². The highest BCUT2D eigenvalue weighted by molar-refractivity contribution is 7.85. The molecule has 1 aromatic rings. The average Bonchev–Trinajstić information content (AvgIpc) is 0.768. The van der Waals surface area contributed by atoms with Gasteiger partial charge in [-0.1, -0.05) is 49.5 Å². The standard InChI is InChI=1S/C24H48O11.C14H32O3Si2.C12H12F4O5S.C9H20O3.C8H20N.2CH4/c1-4-23(2)24(25)35-22-21-34-20-19-33-18-17-32-16-15-31-14-13-30-12-11-29-10-9-28-8-7-27-6-5-26-3;1-9-14(2,3)13(15)16-11-10-12-19(7,8)17-18(4,5)6;1-4-12(2,3)11(17)21-9-5(13)7(15)10(22(18,19)20)8(16)6(9)14;1-4-9(2)12-8-7-11-6-5-10-3;1-5-9(6-2,7-3)8-4;;/h23H,4-22H2,1-3H3;9-12H2,1-8H3;4H2,1-3H3,(H,18,19,20);9H,4-8H2,1-3H3;5-8H2,1-4H3;2*1H4/q;;;;+1;;/p-1. The maximum atomic E-state index is 13.6. The number of carbonyl (C=O) groups excluding carboxylic acids is 3. The first-order valence-corrected chi connectivity index (χ1v) is 42.2. The monoisotopic (exact) mass is 1500 g/mol. The van der Waals surface area contributed by atoms with E-state index in [-0.39, 0.29) is 51.2 Å². The summed E-state index contributed by atoms with van der Waals surface area (Å²) in [4.78, 5) is 32.7. The molecule has 0 aliphatic carbocycles. The third-order valence-corrected chi connectivity index (χ3v) is 22.2. The molecule has 2 atom stereocenters. The van der Waals surface area contributed by atoms with Gasteiger partial charge in [0.25, 0.3) is 0 Å². The number of nitrogens with zero attached hydrogens (tertiary/aromatic N) is 1. The lowest BCUT2D eigenvalue weighted by Gasteiger charge is -2.34. The Labute approximate surface area is 598 Å². The lowest BCUT2D eigenvalue weighted by atomic mass is 9.91. The van der Waals surface area contributed by atoms with Gasteiger partial charge in [0, 0.05) is 14.2 Å². The molecule has 2 unspecified atom stereocenters. The van der Waals surface area contributed by atoms with E-state index in [1.807, 2.05) is 34.6 Å². The molecule has 23 nitrogen and oxygen atoms in total. The summed E-state index contributed by atoms with van der Waals surface area (Å²) in [7, 11) is -5.55. The normalized spacial score (nSPS) is 12.3. The maximum Gasteiger partial charge on any atom is 0.317 e. The molecule has 1 aromatic carbocycles. The minimum atomic E-state index is -5.81. The van der Waals surface area contributed by atoms with E-state index >= 15 is 0 Å². The van der Waals surface area contributed by atoms with E-state index in [9.17, 15) is 44.9 Å². The van der Waals surface area contributed by atoms with Crippen LogP contribution in [0.3, 0.4) is 0 Å². The molecule has 0 saturated heterocycles. The topological polar surface area (TPSA) is 256 Å². The van der Waals surface area contributed by atoms with Crippen molar-refractivity contribution < 1.29 is 125 Å². The predicted molar refractivity (Wildman–Crippen MR) is 383 cm³/mol. The smallest absolute Gasteiger partial charge is 0.317 e. The van der Waals surface area contributed by atoms with E-state index in [1.165, 1.54) is 44.5 Å². The Kier molecular flexibility index (Phi) is 68.8. The number of quaternary nitrogens is 1. The Morgan fingerprint density at radius 3 is 1.08 bits per heavy atom. The number of methoxy groups -OCH3 is 2. The third kappa shape index (κ3) is 57.2. The molecule has 0 radical (unpaired) electrons. The quantitative estimate of drug-likeness (QED) is 0.00858. The summed E-state index contributed by atoms with van der Waals surface area (Å²) in [5.41, 5.74) is -1.57. The van der Waals surface area contributed by atoms with Crippen molar-refractivity contribution in [2.75, 3.05) is 192 Å². The Bertz CT molecular complexity index is 2190. The SMILES string of the molecule is C.C.CCC(C)(C)C(=O)OCCC[Si](C)(C)O[Si](C)(C)C.CCC(C)(C)C(=O)Oc1c(F)c(F)c(S(=O)(=O)[O-])c(F)c1F.CCC(C)C(=O)OCCOCCOCCOCCOCCOCCOCCOCCOCCOC.CCC(C)OCCOCCOC.CC[N+](CC)(CC)CC. The molecule has 0 amide bonds. The number of rotatable bonds is 53. The Balaban J connectivity index is -0.000000292. The van der Waals surface area contributed by atoms with Gasteiger partial charge in [-0.2, -0.15) is 8.78 Å². The zero-order chi connectivity index (χ0) is 75.0. The third-order valence-electron chi connectivity index (χ3n) is 15.1. The largest absolute Gasteiger partial charge is 0.744 e. The molecule has 99 heavy (non-hydrogen) atoms. The van der Waals surface area contributed by atoms with Crippen molar-refractivity contribution >= 4 is 44.7 Å². The molecule has 594 valence electrons. The first-order valence-electron chi connectivity index (χ1n) is 34.2. The van der Waals surface area contributed by atoms with Crippen LogP contribution in [-0.2, 0) is 94.9 Å². The second-order valence-corrected chi connectivity index (χ2v) is 35.5. The highest BCUT2D eigenvalue weighted by Gasteiger charge is 2.35. The fraction of sp³-hybridized carbons (Fsp3) is 0.870. The van der Waals surface area contributed by atoms with Crippen LogP contribution >= 0.6 is 0 Å². The van der Waals surface area contributed by atoms with Gasteiger partial charge in [0.2, 0.25) is 17.4 Å². The van der Waals surface area contributed by atoms with Crippen LogP contribution in [0.25, 0.3) is 0 Å². The molecular weight excluding hydrogens is 1360 g/mol.